The highest BCUT2D eigenvalue weighted by Crippen LogP contribution is 2.43. The van der Waals surface area contributed by atoms with Gasteiger partial charge in [-0.2, -0.15) is 15.8 Å². The van der Waals surface area contributed by atoms with E-state index >= 15 is 0 Å². The van der Waals surface area contributed by atoms with Crippen LogP contribution in [0.2, 0.25) is 0 Å². The molecular formula is C84H54N6S2. The second-order valence-corrected chi connectivity index (χ2v) is 25.6. The summed E-state index contributed by atoms with van der Waals surface area (Å²) < 4.78 is 11.7. The lowest BCUT2D eigenvalue weighted by Gasteiger charge is -2.08. The summed E-state index contributed by atoms with van der Waals surface area (Å²) in [5.74, 6) is 0. The van der Waals surface area contributed by atoms with E-state index in [0.717, 1.165) is 49.3 Å². The summed E-state index contributed by atoms with van der Waals surface area (Å²) in [5, 5.41) is 40.8. The van der Waals surface area contributed by atoms with E-state index in [2.05, 4.69) is 262 Å². The zero-order chi connectivity index (χ0) is 62.1. The van der Waals surface area contributed by atoms with Gasteiger partial charge in [0.25, 0.3) is 0 Å². The topological polar surface area (TPSA) is 86.2 Å². The number of para-hydroxylation sites is 3. The second-order valence-electron chi connectivity index (χ2n) is 23.4. The molecule has 0 saturated heterocycles. The van der Waals surface area contributed by atoms with Crippen LogP contribution in [-0.4, -0.2) is 13.7 Å². The molecule has 6 nitrogen and oxygen atoms in total. The molecule has 5 aromatic heterocycles. The molecule has 0 N–H and O–H groups in total. The van der Waals surface area contributed by atoms with Crippen molar-refractivity contribution in [2.75, 3.05) is 0 Å². The maximum absolute atomic E-state index is 9.58. The van der Waals surface area contributed by atoms with Gasteiger partial charge in [-0.25, -0.2) is 0 Å². The third kappa shape index (κ3) is 9.26. The second kappa shape index (κ2) is 22.6. The van der Waals surface area contributed by atoms with Crippen LogP contribution in [0, 0.1) is 34.0 Å². The van der Waals surface area contributed by atoms with Gasteiger partial charge in [0.2, 0.25) is 0 Å². The average molecular weight is 1210 g/mol. The number of hydrogen-bond acceptors (Lipinski definition) is 5. The quantitative estimate of drug-likeness (QED) is 0.172. The van der Waals surface area contributed by atoms with Gasteiger partial charge in [0, 0.05) is 110 Å². The van der Waals surface area contributed by atoms with Crippen molar-refractivity contribution in [2.45, 2.75) is 0 Å². The molecule has 0 radical (unpaired) electrons. The number of nitriles is 3. The molecule has 0 spiro atoms. The van der Waals surface area contributed by atoms with E-state index in [1.165, 1.54) is 112 Å². The smallest absolute Gasteiger partial charge is 0.101 e. The number of thiophene rings is 2. The largest absolute Gasteiger partial charge is 0.343 e. The first-order valence-corrected chi connectivity index (χ1v) is 32.2. The third-order valence-electron chi connectivity index (χ3n) is 18.4. The fourth-order valence-electron chi connectivity index (χ4n) is 13.9. The lowest BCUT2D eigenvalue weighted by atomic mass is 9.96. The maximum atomic E-state index is 9.58. The maximum Gasteiger partial charge on any atom is 0.101 e. The van der Waals surface area contributed by atoms with E-state index in [0.29, 0.717) is 16.7 Å². The van der Waals surface area contributed by atoms with Crippen molar-refractivity contribution in [1.29, 1.82) is 15.8 Å². The van der Waals surface area contributed by atoms with E-state index in [9.17, 15) is 15.8 Å². The summed E-state index contributed by atoms with van der Waals surface area (Å²) in [6.45, 7) is 0. The van der Waals surface area contributed by atoms with Gasteiger partial charge in [-0.15, -0.1) is 22.7 Å². The average Bonchev–Trinajstić information content (AvgIpc) is 1.62. The van der Waals surface area contributed by atoms with Gasteiger partial charge in [0.15, 0.2) is 0 Å². The van der Waals surface area contributed by atoms with Crippen molar-refractivity contribution in [3.8, 4) is 73.8 Å². The molecule has 0 atom stereocenters. The van der Waals surface area contributed by atoms with Crippen LogP contribution in [-0.2, 0) is 21.1 Å². The molecule has 92 heavy (non-hydrogen) atoms. The molecule has 432 valence electrons. The van der Waals surface area contributed by atoms with Crippen molar-refractivity contribution in [3.05, 3.63) is 290 Å². The minimum atomic E-state index is 0.707. The molecular weight excluding hydrogens is 1160 g/mol. The van der Waals surface area contributed by atoms with Crippen LogP contribution in [0.1, 0.15) is 16.7 Å². The minimum Gasteiger partial charge on any atom is -0.343 e. The van der Waals surface area contributed by atoms with E-state index in [4.69, 9.17) is 0 Å². The standard InChI is InChI=1S/C32H22N2.2C26H16N2S/c1-34-31-18-17-27(20-30(31)29-12-6-11-28(21-33)32(29)34)26-10-5-9-25(19-26)24-15-13-23(14-16-24)22-7-3-2-4-8-22;1-28-23-13-12-16(14-22(23)20-9-4-6-17(15-27)25(20)28)18-8-5-10-21-19-7-2-3-11-24(19)29-26(18)21;1-28-23-11-9-16(13-21(23)20-7-4-5-18(15-27)26(20)28)17-10-12-25-22(14-17)19-6-2-3-8-24(19)29-25/h2-20H,1H3;2*2-14H,1H3. The Morgan fingerprint density at radius 3 is 1.12 bits per heavy atom. The van der Waals surface area contributed by atoms with Crippen molar-refractivity contribution in [3.63, 3.8) is 0 Å². The normalized spacial score (nSPS) is 11.4. The summed E-state index contributed by atoms with van der Waals surface area (Å²) in [7, 11) is 6.11. The summed E-state index contributed by atoms with van der Waals surface area (Å²) in [6.07, 6.45) is 0. The van der Waals surface area contributed by atoms with Crippen molar-refractivity contribution in [2.24, 2.45) is 21.1 Å². The molecule has 0 aliphatic heterocycles. The zero-order valence-electron chi connectivity index (χ0n) is 50.5. The van der Waals surface area contributed by atoms with E-state index in [1.807, 2.05) is 86.3 Å². The van der Waals surface area contributed by atoms with E-state index < -0.39 is 0 Å². The highest BCUT2D eigenvalue weighted by Gasteiger charge is 2.18. The fourth-order valence-corrected chi connectivity index (χ4v) is 16.2. The van der Waals surface area contributed by atoms with Gasteiger partial charge in [0.1, 0.15) is 18.2 Å². The number of hydrogen-bond donors (Lipinski definition) is 0. The fraction of sp³-hybridized carbons (Fsp3) is 0.0357. The van der Waals surface area contributed by atoms with Crippen LogP contribution in [0.4, 0.5) is 0 Å². The number of fused-ring (bicyclic) bond motifs is 15. The predicted octanol–water partition coefficient (Wildman–Crippen LogP) is 22.7. The lowest BCUT2D eigenvalue weighted by Crippen LogP contribution is -1.89. The SMILES string of the molecule is Cn1c2ccc(-c3ccc4sc5ccccc5c4c3)cc2c2cccc(C#N)c21.Cn1c2ccc(-c3cccc(-c4ccc(-c5ccccc5)cc4)c3)cc2c2cccc(C#N)c21.Cn1c2ccc(-c3cccc4c3sc3ccccc34)cc2c2cccc(C#N)c21. The Balaban J connectivity index is 0.000000110. The van der Waals surface area contributed by atoms with Crippen molar-refractivity contribution in [1.82, 2.24) is 13.7 Å². The zero-order valence-corrected chi connectivity index (χ0v) is 52.1. The predicted molar refractivity (Wildman–Crippen MR) is 388 cm³/mol. The highest BCUT2D eigenvalue weighted by molar-refractivity contribution is 7.26. The summed E-state index contributed by atoms with van der Waals surface area (Å²) in [6, 6.07) is 103. The molecule has 0 fully saturated rings. The first kappa shape index (κ1) is 55.5. The molecule has 5 heterocycles. The van der Waals surface area contributed by atoms with Crippen LogP contribution in [0.5, 0.6) is 0 Å². The molecule has 0 saturated carbocycles. The van der Waals surface area contributed by atoms with Gasteiger partial charge in [-0.05, 0) is 141 Å². The number of aromatic nitrogens is 3. The van der Waals surface area contributed by atoms with E-state index in [1.54, 1.807) is 0 Å². The van der Waals surface area contributed by atoms with Gasteiger partial charge in [0.05, 0.1) is 33.2 Å². The number of rotatable bonds is 5. The number of benzene rings is 13. The van der Waals surface area contributed by atoms with Gasteiger partial charge in [-0.3, -0.25) is 0 Å². The molecule has 0 aliphatic carbocycles. The Hall–Kier alpha value is -11.8. The molecule has 8 heteroatoms. The molecule has 0 unspecified atom stereocenters. The van der Waals surface area contributed by atoms with Crippen LogP contribution in [0.15, 0.2) is 273 Å². The summed E-state index contributed by atoms with van der Waals surface area (Å²) in [5.41, 5.74) is 20.7. The first-order valence-electron chi connectivity index (χ1n) is 30.6. The third-order valence-corrected chi connectivity index (χ3v) is 20.7. The highest BCUT2D eigenvalue weighted by atomic mass is 32.1. The number of aryl methyl sites for hydroxylation is 3. The molecule has 0 bridgehead atoms. The Kier molecular flexibility index (Phi) is 13.7. The Morgan fingerprint density at radius 1 is 0.250 bits per heavy atom. The Morgan fingerprint density at radius 2 is 0.587 bits per heavy atom. The lowest BCUT2D eigenvalue weighted by molar-refractivity contribution is 1.01. The molecule has 18 aromatic rings. The van der Waals surface area contributed by atoms with Crippen LogP contribution in [0.25, 0.3) is 161 Å². The molecule has 0 aliphatic rings. The van der Waals surface area contributed by atoms with Crippen molar-refractivity contribution >= 4 is 128 Å². The minimum absolute atomic E-state index is 0.707. The van der Waals surface area contributed by atoms with E-state index in [-0.39, 0.29) is 0 Å². The Bertz CT molecular complexity index is 6140. The van der Waals surface area contributed by atoms with Crippen LogP contribution >= 0.6 is 22.7 Å². The molecule has 18 rings (SSSR count). The Labute approximate surface area is 539 Å². The number of nitrogens with zero attached hydrogens (tertiary/aromatic N) is 6. The van der Waals surface area contributed by atoms with Gasteiger partial charge in [-0.1, -0.05) is 188 Å². The summed E-state index contributed by atoms with van der Waals surface area (Å²) >= 11 is 3.70. The van der Waals surface area contributed by atoms with Gasteiger partial charge < -0.3 is 13.7 Å². The first-order chi connectivity index (χ1) is 45.2. The summed E-state index contributed by atoms with van der Waals surface area (Å²) in [4.78, 5) is 0. The molecule has 0 amide bonds. The molecule has 13 aromatic carbocycles. The van der Waals surface area contributed by atoms with Crippen LogP contribution in [0.3, 0.4) is 0 Å². The van der Waals surface area contributed by atoms with Gasteiger partial charge >= 0.3 is 0 Å². The monoisotopic (exact) mass is 1210 g/mol. The van der Waals surface area contributed by atoms with Crippen LogP contribution < -0.4 is 0 Å². The van der Waals surface area contributed by atoms with Crippen molar-refractivity contribution < 1.29 is 0 Å².